The molecule has 12 nitrogen and oxygen atoms in total. The molecule has 12 heteroatoms. The van der Waals surface area contributed by atoms with E-state index in [0.717, 1.165) is 11.1 Å². The fraction of sp³-hybridized carbons (Fsp3) is 0.467. The quantitative estimate of drug-likeness (QED) is 0.188. The molecule has 1 aliphatic rings. The molecular weight excluding hydrogens is 540 g/mol. The van der Waals surface area contributed by atoms with Crippen LogP contribution in [0.3, 0.4) is 0 Å². The monoisotopic (exact) mass is 578 g/mol. The summed E-state index contributed by atoms with van der Waals surface area (Å²) in [6, 6.07) is 14.9. The van der Waals surface area contributed by atoms with Gasteiger partial charge < -0.3 is 24.8 Å². The Morgan fingerprint density at radius 1 is 0.976 bits per heavy atom. The largest absolute Gasteiger partial charge is 0.467 e. The molecule has 0 saturated carbocycles. The number of unbranched alkanes of at least 4 members (excludes halogenated alkanes) is 1. The van der Waals surface area contributed by atoms with Crippen molar-refractivity contribution in [2.45, 2.75) is 70.6 Å². The Kier molecular flexibility index (Phi) is 9.76. The Balaban J connectivity index is 1.26. The number of hydrogen-bond acceptors (Lipinski definition) is 9. The number of amides is 2. The van der Waals surface area contributed by atoms with Crippen LogP contribution in [0, 0.1) is 0 Å². The van der Waals surface area contributed by atoms with Gasteiger partial charge in [0.05, 0.1) is 13.2 Å². The molecule has 224 valence electrons. The molecule has 0 radical (unpaired) electrons. The van der Waals surface area contributed by atoms with Gasteiger partial charge in [-0.25, -0.2) is 19.1 Å². The van der Waals surface area contributed by atoms with E-state index in [9.17, 15) is 14.4 Å². The number of fused-ring (bicyclic) bond motifs is 3. The first-order chi connectivity index (χ1) is 20.1. The van der Waals surface area contributed by atoms with Gasteiger partial charge in [-0.05, 0) is 79.6 Å². The summed E-state index contributed by atoms with van der Waals surface area (Å²) < 4.78 is 17.2. The van der Waals surface area contributed by atoms with E-state index in [-0.39, 0.29) is 18.3 Å². The predicted molar refractivity (Wildman–Crippen MR) is 154 cm³/mol. The number of esters is 1. The van der Waals surface area contributed by atoms with Gasteiger partial charge in [-0.15, -0.1) is 5.10 Å². The SMILES string of the molecule is COC(=O)[C@H](CCCCNC(=O)OCC1c2ccccc2-c2ccccc21)n1nnnc1[C@H](C)NC(=O)OC(C)(C)C. The lowest BCUT2D eigenvalue weighted by atomic mass is 9.98. The lowest BCUT2D eigenvalue weighted by molar-refractivity contribution is -0.145. The Morgan fingerprint density at radius 2 is 1.62 bits per heavy atom. The van der Waals surface area contributed by atoms with E-state index in [4.69, 9.17) is 14.2 Å². The highest BCUT2D eigenvalue weighted by Gasteiger charge is 2.30. The minimum Gasteiger partial charge on any atom is -0.467 e. The molecule has 1 aromatic heterocycles. The Bertz CT molecular complexity index is 1360. The maximum Gasteiger partial charge on any atom is 0.408 e. The number of ether oxygens (including phenoxy) is 3. The molecule has 1 heterocycles. The van der Waals surface area contributed by atoms with Crippen LogP contribution in [-0.4, -0.2) is 64.2 Å². The van der Waals surface area contributed by atoms with Crippen molar-refractivity contribution in [3.8, 4) is 11.1 Å². The Labute approximate surface area is 245 Å². The lowest BCUT2D eigenvalue weighted by Gasteiger charge is -2.22. The highest BCUT2D eigenvalue weighted by Crippen LogP contribution is 2.44. The van der Waals surface area contributed by atoms with Crippen molar-refractivity contribution in [1.82, 2.24) is 30.8 Å². The number of carbonyl (C=O) groups excluding carboxylic acids is 3. The summed E-state index contributed by atoms with van der Waals surface area (Å²) in [5.74, 6) is -0.243. The lowest BCUT2D eigenvalue weighted by Crippen LogP contribution is -2.36. The van der Waals surface area contributed by atoms with Crippen LogP contribution < -0.4 is 10.6 Å². The zero-order chi connectivity index (χ0) is 30.3. The van der Waals surface area contributed by atoms with Crippen LogP contribution in [0.1, 0.15) is 81.9 Å². The number of nitrogens with one attached hydrogen (secondary N) is 2. The van der Waals surface area contributed by atoms with Crippen molar-refractivity contribution in [3.63, 3.8) is 0 Å². The van der Waals surface area contributed by atoms with E-state index in [1.807, 2.05) is 24.3 Å². The molecule has 0 aliphatic heterocycles. The van der Waals surface area contributed by atoms with Crippen LogP contribution in [0.2, 0.25) is 0 Å². The van der Waals surface area contributed by atoms with Gasteiger partial charge in [0, 0.05) is 12.5 Å². The van der Waals surface area contributed by atoms with Gasteiger partial charge in [0.25, 0.3) is 0 Å². The molecule has 2 atom stereocenters. The summed E-state index contributed by atoms with van der Waals surface area (Å²) in [5.41, 5.74) is 3.97. The van der Waals surface area contributed by atoms with E-state index < -0.39 is 35.8 Å². The van der Waals surface area contributed by atoms with E-state index in [2.05, 4.69) is 50.4 Å². The Hall–Kier alpha value is -4.48. The summed E-state index contributed by atoms with van der Waals surface area (Å²) in [5, 5.41) is 17.2. The maximum atomic E-state index is 12.6. The van der Waals surface area contributed by atoms with Crippen LogP contribution in [0.4, 0.5) is 9.59 Å². The summed E-state index contributed by atoms with van der Waals surface area (Å²) >= 11 is 0. The minimum atomic E-state index is -0.808. The highest BCUT2D eigenvalue weighted by molar-refractivity contribution is 5.79. The van der Waals surface area contributed by atoms with Crippen LogP contribution in [0.25, 0.3) is 11.1 Å². The normalized spacial score (nSPS) is 13.8. The molecule has 0 unspecified atom stereocenters. The van der Waals surface area contributed by atoms with Crippen molar-refractivity contribution in [1.29, 1.82) is 0 Å². The number of tetrazole rings is 1. The number of benzene rings is 2. The van der Waals surface area contributed by atoms with Crippen LogP contribution >= 0.6 is 0 Å². The number of rotatable bonds is 11. The summed E-state index contributed by atoms with van der Waals surface area (Å²) in [6.07, 6.45) is 0.387. The third-order valence-corrected chi connectivity index (χ3v) is 6.92. The fourth-order valence-corrected chi connectivity index (χ4v) is 5.04. The van der Waals surface area contributed by atoms with Gasteiger partial charge in [0.15, 0.2) is 11.9 Å². The van der Waals surface area contributed by atoms with Crippen molar-refractivity contribution >= 4 is 18.2 Å². The first-order valence-electron chi connectivity index (χ1n) is 14.0. The standard InChI is InChI=1S/C30H38N6O6/c1-19(32-29(39)42-30(2,3)4)26-33-34-35-36(26)25(27(37)40-5)16-10-11-17-31-28(38)41-18-24-22-14-8-6-12-20(22)21-13-7-9-15-23(21)24/h6-9,12-15,19,24-25H,10-11,16-18H2,1-5H3,(H,31,38)(H,32,39)/t19-,25-/m0/s1. The van der Waals surface area contributed by atoms with Gasteiger partial charge in [-0.1, -0.05) is 48.5 Å². The molecule has 2 N–H and O–H groups in total. The van der Waals surface area contributed by atoms with Crippen molar-refractivity contribution < 1.29 is 28.6 Å². The number of methoxy groups -OCH3 is 1. The molecule has 2 aromatic carbocycles. The second-order valence-corrected chi connectivity index (χ2v) is 11.1. The molecule has 42 heavy (non-hydrogen) atoms. The number of carbonyl (C=O) groups is 3. The van der Waals surface area contributed by atoms with Crippen LogP contribution in [0.5, 0.6) is 0 Å². The fourth-order valence-electron chi connectivity index (χ4n) is 5.04. The van der Waals surface area contributed by atoms with Crippen molar-refractivity contribution in [2.75, 3.05) is 20.3 Å². The first kappa shape index (κ1) is 30.5. The number of hydrogen-bond donors (Lipinski definition) is 2. The van der Waals surface area contributed by atoms with Crippen molar-refractivity contribution in [2.24, 2.45) is 0 Å². The van der Waals surface area contributed by atoms with E-state index in [1.165, 1.54) is 22.9 Å². The summed E-state index contributed by atoms with van der Waals surface area (Å²) in [7, 11) is 1.29. The average molecular weight is 579 g/mol. The zero-order valence-electron chi connectivity index (χ0n) is 24.6. The van der Waals surface area contributed by atoms with Crippen LogP contribution in [-0.2, 0) is 19.0 Å². The van der Waals surface area contributed by atoms with Gasteiger partial charge in [0.2, 0.25) is 0 Å². The second-order valence-electron chi connectivity index (χ2n) is 11.1. The maximum absolute atomic E-state index is 12.6. The van der Waals surface area contributed by atoms with Gasteiger partial charge in [0.1, 0.15) is 12.2 Å². The summed E-state index contributed by atoms with van der Waals surface area (Å²) in [4.78, 5) is 37.3. The predicted octanol–water partition coefficient (Wildman–Crippen LogP) is 4.68. The number of aromatic nitrogens is 4. The molecule has 0 saturated heterocycles. The van der Waals surface area contributed by atoms with E-state index in [1.54, 1.807) is 27.7 Å². The first-order valence-corrected chi connectivity index (χ1v) is 14.0. The second kappa shape index (κ2) is 13.5. The molecule has 3 aromatic rings. The third kappa shape index (κ3) is 7.42. The molecule has 0 fully saturated rings. The smallest absolute Gasteiger partial charge is 0.408 e. The molecule has 4 rings (SSSR count). The number of alkyl carbamates (subject to hydrolysis) is 2. The average Bonchev–Trinajstić information content (AvgIpc) is 3.55. The molecule has 1 aliphatic carbocycles. The molecular formula is C30H38N6O6. The molecule has 2 amide bonds. The highest BCUT2D eigenvalue weighted by atomic mass is 16.6. The summed E-state index contributed by atoms with van der Waals surface area (Å²) in [6.45, 7) is 7.58. The van der Waals surface area contributed by atoms with Gasteiger partial charge in [-0.2, -0.15) is 0 Å². The zero-order valence-corrected chi connectivity index (χ0v) is 24.6. The van der Waals surface area contributed by atoms with Gasteiger partial charge in [-0.3, -0.25) is 0 Å². The third-order valence-electron chi connectivity index (χ3n) is 6.92. The minimum absolute atomic E-state index is 0.0124. The number of nitrogens with zero attached hydrogens (tertiary/aromatic N) is 4. The van der Waals surface area contributed by atoms with E-state index >= 15 is 0 Å². The topological polar surface area (TPSA) is 147 Å². The Morgan fingerprint density at radius 3 is 2.24 bits per heavy atom. The van der Waals surface area contributed by atoms with E-state index in [0.29, 0.717) is 25.8 Å². The van der Waals surface area contributed by atoms with Crippen molar-refractivity contribution in [3.05, 3.63) is 65.5 Å². The van der Waals surface area contributed by atoms with Gasteiger partial charge >= 0.3 is 18.2 Å². The molecule has 0 spiro atoms. The molecule has 0 bridgehead atoms. The van der Waals surface area contributed by atoms with Crippen LogP contribution in [0.15, 0.2) is 48.5 Å².